The lowest BCUT2D eigenvalue weighted by Gasteiger charge is -2.17. The second-order valence-corrected chi connectivity index (χ2v) is 4.28. The van der Waals surface area contributed by atoms with Crippen molar-refractivity contribution in [2.24, 2.45) is 0 Å². The summed E-state index contributed by atoms with van der Waals surface area (Å²) in [7, 11) is 1.68. The molecule has 0 spiro atoms. The van der Waals surface area contributed by atoms with Crippen LogP contribution in [0.4, 0.5) is 0 Å². The molecule has 1 heterocycles. The second kappa shape index (κ2) is 5.14. The number of rotatable bonds is 3. The molecule has 1 aromatic heterocycles. The van der Waals surface area contributed by atoms with E-state index in [0.717, 1.165) is 16.6 Å². The number of aromatic nitrogens is 1. The highest BCUT2D eigenvalue weighted by molar-refractivity contribution is 6.06. The van der Waals surface area contributed by atoms with E-state index in [4.69, 9.17) is 5.11 Å². The maximum atomic E-state index is 12.3. The number of aliphatic hydroxyl groups is 1. The molecule has 94 valence electrons. The lowest BCUT2D eigenvalue weighted by Crippen LogP contribution is -2.29. The summed E-state index contributed by atoms with van der Waals surface area (Å²) in [6.45, 7) is 2.16. The van der Waals surface area contributed by atoms with Gasteiger partial charge in [0.1, 0.15) is 0 Å². The van der Waals surface area contributed by atoms with E-state index in [1.807, 2.05) is 31.2 Å². The van der Waals surface area contributed by atoms with Crippen molar-refractivity contribution in [1.29, 1.82) is 0 Å². The van der Waals surface area contributed by atoms with Gasteiger partial charge in [-0.25, -0.2) is 0 Å². The Morgan fingerprint density at radius 2 is 2.11 bits per heavy atom. The van der Waals surface area contributed by atoms with Gasteiger partial charge in [0, 0.05) is 24.7 Å². The van der Waals surface area contributed by atoms with Gasteiger partial charge in [-0.3, -0.25) is 9.78 Å². The Balaban J connectivity index is 2.53. The van der Waals surface area contributed by atoms with Crippen LogP contribution in [0.2, 0.25) is 0 Å². The summed E-state index contributed by atoms with van der Waals surface area (Å²) in [6, 6.07) is 9.37. The molecule has 0 atom stereocenters. The van der Waals surface area contributed by atoms with Gasteiger partial charge >= 0.3 is 0 Å². The molecule has 4 heteroatoms. The maximum absolute atomic E-state index is 12.3. The molecule has 0 radical (unpaired) electrons. The van der Waals surface area contributed by atoms with Crippen molar-refractivity contribution >= 4 is 16.8 Å². The number of aryl methyl sites for hydroxylation is 1. The van der Waals surface area contributed by atoms with Crippen LogP contribution in [-0.4, -0.2) is 41.1 Å². The molecular formula is C14H16N2O2. The molecule has 0 fully saturated rings. The number of likely N-dealkylation sites (N-methyl/N-ethyl adjacent to an activating group) is 1. The van der Waals surface area contributed by atoms with Crippen molar-refractivity contribution < 1.29 is 9.90 Å². The SMILES string of the molecule is Cc1cc(C(=O)N(C)CCO)c2ccccc2n1. The zero-order valence-corrected chi connectivity index (χ0v) is 10.6. The third-order valence-corrected chi connectivity index (χ3v) is 2.86. The van der Waals surface area contributed by atoms with Crippen LogP contribution in [0.15, 0.2) is 30.3 Å². The summed E-state index contributed by atoms with van der Waals surface area (Å²) in [5, 5.41) is 9.74. The molecule has 0 saturated carbocycles. The monoisotopic (exact) mass is 244 g/mol. The number of fused-ring (bicyclic) bond motifs is 1. The lowest BCUT2D eigenvalue weighted by molar-refractivity contribution is 0.0768. The van der Waals surface area contributed by atoms with E-state index in [1.54, 1.807) is 13.1 Å². The first-order valence-corrected chi connectivity index (χ1v) is 5.86. The Morgan fingerprint density at radius 3 is 2.83 bits per heavy atom. The highest BCUT2D eigenvalue weighted by atomic mass is 16.3. The summed E-state index contributed by atoms with van der Waals surface area (Å²) >= 11 is 0. The van der Waals surface area contributed by atoms with Crippen molar-refractivity contribution in [3.63, 3.8) is 0 Å². The van der Waals surface area contributed by atoms with Crippen LogP contribution in [0.5, 0.6) is 0 Å². The zero-order valence-electron chi connectivity index (χ0n) is 10.6. The molecular weight excluding hydrogens is 228 g/mol. The molecule has 0 aliphatic heterocycles. The van der Waals surface area contributed by atoms with E-state index in [2.05, 4.69) is 4.98 Å². The Bertz CT molecular complexity index is 581. The number of benzene rings is 1. The zero-order chi connectivity index (χ0) is 13.1. The van der Waals surface area contributed by atoms with Gasteiger partial charge in [-0.05, 0) is 19.1 Å². The van der Waals surface area contributed by atoms with E-state index in [0.29, 0.717) is 12.1 Å². The third kappa shape index (κ3) is 2.33. The first-order chi connectivity index (χ1) is 8.63. The number of nitrogens with zero attached hydrogens (tertiary/aromatic N) is 2. The predicted octanol–water partition coefficient (Wildman–Crippen LogP) is 1.61. The minimum absolute atomic E-state index is 0.0375. The molecule has 0 aliphatic rings. The summed E-state index contributed by atoms with van der Waals surface area (Å²) in [6.07, 6.45) is 0. The highest BCUT2D eigenvalue weighted by Crippen LogP contribution is 2.19. The smallest absolute Gasteiger partial charge is 0.254 e. The van der Waals surface area contributed by atoms with Gasteiger partial charge in [-0.2, -0.15) is 0 Å². The highest BCUT2D eigenvalue weighted by Gasteiger charge is 2.15. The average Bonchev–Trinajstić information content (AvgIpc) is 2.37. The summed E-state index contributed by atoms with van der Waals surface area (Å²) in [5.41, 5.74) is 2.27. The standard InChI is InChI=1S/C14H16N2O2/c1-10-9-12(14(18)16(2)7-8-17)11-5-3-4-6-13(11)15-10/h3-6,9,17H,7-8H2,1-2H3. The number of amides is 1. The van der Waals surface area contributed by atoms with Crippen molar-refractivity contribution in [1.82, 2.24) is 9.88 Å². The quantitative estimate of drug-likeness (QED) is 0.892. The van der Waals surface area contributed by atoms with E-state index in [9.17, 15) is 4.79 Å². The van der Waals surface area contributed by atoms with E-state index < -0.39 is 0 Å². The molecule has 2 aromatic rings. The number of hydrogen-bond acceptors (Lipinski definition) is 3. The van der Waals surface area contributed by atoms with Crippen LogP contribution in [0.3, 0.4) is 0 Å². The van der Waals surface area contributed by atoms with E-state index >= 15 is 0 Å². The van der Waals surface area contributed by atoms with Crippen LogP contribution in [0, 0.1) is 6.92 Å². The first-order valence-electron chi connectivity index (χ1n) is 5.86. The normalized spacial score (nSPS) is 10.6. The Labute approximate surface area is 106 Å². The molecule has 2 rings (SSSR count). The van der Waals surface area contributed by atoms with Crippen LogP contribution in [0.1, 0.15) is 16.1 Å². The van der Waals surface area contributed by atoms with Crippen molar-refractivity contribution in [3.05, 3.63) is 41.6 Å². The van der Waals surface area contributed by atoms with Gasteiger partial charge in [-0.1, -0.05) is 18.2 Å². The number of pyridine rings is 1. The van der Waals surface area contributed by atoms with E-state index in [-0.39, 0.29) is 12.5 Å². The lowest BCUT2D eigenvalue weighted by atomic mass is 10.1. The summed E-state index contributed by atoms with van der Waals surface area (Å²) in [4.78, 5) is 18.2. The summed E-state index contributed by atoms with van der Waals surface area (Å²) in [5.74, 6) is -0.0919. The molecule has 0 bridgehead atoms. The van der Waals surface area contributed by atoms with Crippen LogP contribution in [-0.2, 0) is 0 Å². The van der Waals surface area contributed by atoms with Gasteiger partial charge in [0.15, 0.2) is 0 Å². The van der Waals surface area contributed by atoms with Gasteiger partial charge in [0.25, 0.3) is 5.91 Å². The molecule has 1 aromatic carbocycles. The number of aliphatic hydroxyl groups excluding tert-OH is 1. The first kappa shape index (κ1) is 12.5. The Kier molecular flexibility index (Phi) is 3.58. The van der Waals surface area contributed by atoms with Crippen molar-refractivity contribution in [3.8, 4) is 0 Å². The fourth-order valence-electron chi connectivity index (χ4n) is 1.94. The molecule has 0 aliphatic carbocycles. The molecule has 4 nitrogen and oxygen atoms in total. The third-order valence-electron chi connectivity index (χ3n) is 2.86. The minimum atomic E-state index is -0.0919. The molecule has 1 amide bonds. The van der Waals surface area contributed by atoms with Crippen LogP contribution >= 0.6 is 0 Å². The van der Waals surface area contributed by atoms with Gasteiger partial charge in [0.05, 0.1) is 17.7 Å². The maximum Gasteiger partial charge on any atom is 0.254 e. The molecule has 18 heavy (non-hydrogen) atoms. The second-order valence-electron chi connectivity index (χ2n) is 4.28. The molecule has 0 unspecified atom stereocenters. The predicted molar refractivity (Wildman–Crippen MR) is 70.5 cm³/mol. The van der Waals surface area contributed by atoms with E-state index in [1.165, 1.54) is 4.90 Å². The largest absolute Gasteiger partial charge is 0.395 e. The fraction of sp³-hybridized carbons (Fsp3) is 0.286. The number of hydrogen-bond donors (Lipinski definition) is 1. The van der Waals surface area contributed by atoms with Gasteiger partial charge in [0.2, 0.25) is 0 Å². The number of carbonyl (C=O) groups is 1. The molecule has 0 saturated heterocycles. The molecule has 1 N–H and O–H groups in total. The fourth-order valence-corrected chi connectivity index (χ4v) is 1.94. The number of para-hydroxylation sites is 1. The van der Waals surface area contributed by atoms with Crippen LogP contribution in [0.25, 0.3) is 10.9 Å². The van der Waals surface area contributed by atoms with Gasteiger partial charge in [-0.15, -0.1) is 0 Å². The Morgan fingerprint density at radius 1 is 1.39 bits per heavy atom. The Hall–Kier alpha value is -1.94. The van der Waals surface area contributed by atoms with Gasteiger partial charge < -0.3 is 10.0 Å². The minimum Gasteiger partial charge on any atom is -0.395 e. The number of carbonyl (C=O) groups excluding carboxylic acids is 1. The van der Waals surface area contributed by atoms with Crippen LogP contribution < -0.4 is 0 Å². The topological polar surface area (TPSA) is 53.4 Å². The van der Waals surface area contributed by atoms with Crippen molar-refractivity contribution in [2.75, 3.05) is 20.2 Å². The summed E-state index contributed by atoms with van der Waals surface area (Å²) < 4.78 is 0. The average molecular weight is 244 g/mol. The van der Waals surface area contributed by atoms with Crippen molar-refractivity contribution in [2.45, 2.75) is 6.92 Å².